The van der Waals surface area contributed by atoms with Gasteiger partial charge >= 0.3 is 5.97 Å². The van der Waals surface area contributed by atoms with Crippen LogP contribution in [0.4, 0.5) is 0 Å². The van der Waals surface area contributed by atoms with E-state index in [0.29, 0.717) is 6.61 Å². The zero-order valence-electron chi connectivity index (χ0n) is 12.0. The average Bonchev–Trinajstić information content (AvgIpc) is 2.46. The molecular formula is C17H19NO3. The summed E-state index contributed by atoms with van der Waals surface area (Å²) in [5.74, 6) is -0.163. The lowest BCUT2D eigenvalue weighted by Crippen LogP contribution is -2.14. The van der Waals surface area contributed by atoms with Crippen LogP contribution >= 0.6 is 0 Å². The third kappa shape index (κ3) is 4.61. The molecule has 0 spiro atoms. The molecule has 0 aliphatic heterocycles. The lowest BCUT2D eigenvalue weighted by atomic mass is 10.0. The number of benzene rings is 2. The molecule has 0 heterocycles. The molecule has 0 saturated heterocycles. The summed E-state index contributed by atoms with van der Waals surface area (Å²) in [5, 5.41) is 8.72. The summed E-state index contributed by atoms with van der Waals surface area (Å²) in [6.45, 7) is 2.55. The maximum atomic E-state index is 10.6. The zero-order chi connectivity index (χ0) is 15.2. The molecule has 110 valence electrons. The summed E-state index contributed by atoms with van der Waals surface area (Å²) in [7, 11) is 0. The second kappa shape index (κ2) is 6.90. The van der Waals surface area contributed by atoms with Crippen molar-refractivity contribution >= 4 is 5.97 Å². The fourth-order valence-corrected chi connectivity index (χ4v) is 1.97. The smallest absolute Gasteiger partial charge is 0.305 e. The van der Waals surface area contributed by atoms with Crippen LogP contribution in [-0.4, -0.2) is 11.1 Å². The molecule has 3 N–H and O–H groups in total. The van der Waals surface area contributed by atoms with E-state index in [-0.39, 0.29) is 6.42 Å². The van der Waals surface area contributed by atoms with E-state index < -0.39 is 12.0 Å². The molecule has 0 bridgehead atoms. The van der Waals surface area contributed by atoms with Crippen molar-refractivity contribution in [3.8, 4) is 5.75 Å². The predicted molar refractivity (Wildman–Crippen MR) is 81.1 cm³/mol. The van der Waals surface area contributed by atoms with Gasteiger partial charge in [-0.2, -0.15) is 0 Å². The molecule has 0 radical (unpaired) electrons. The van der Waals surface area contributed by atoms with Crippen molar-refractivity contribution in [2.75, 3.05) is 0 Å². The third-order valence-corrected chi connectivity index (χ3v) is 3.23. The molecule has 0 fully saturated rings. The van der Waals surface area contributed by atoms with Crippen molar-refractivity contribution in [3.63, 3.8) is 0 Å². The van der Waals surface area contributed by atoms with E-state index in [1.807, 2.05) is 43.3 Å². The van der Waals surface area contributed by atoms with Gasteiger partial charge in [0.2, 0.25) is 0 Å². The minimum Gasteiger partial charge on any atom is -0.489 e. The van der Waals surface area contributed by atoms with E-state index >= 15 is 0 Å². The number of carbonyl (C=O) groups is 1. The van der Waals surface area contributed by atoms with E-state index in [0.717, 1.165) is 16.9 Å². The molecule has 2 aromatic carbocycles. The first-order chi connectivity index (χ1) is 10.0. The van der Waals surface area contributed by atoms with Crippen LogP contribution in [0.3, 0.4) is 0 Å². The predicted octanol–water partition coefficient (Wildman–Crippen LogP) is 3.05. The molecule has 1 atom stereocenters. The maximum Gasteiger partial charge on any atom is 0.305 e. The first-order valence-electron chi connectivity index (χ1n) is 6.80. The van der Waals surface area contributed by atoms with Gasteiger partial charge in [0, 0.05) is 6.04 Å². The Hall–Kier alpha value is -2.33. The van der Waals surface area contributed by atoms with Crippen LogP contribution < -0.4 is 10.5 Å². The second-order valence-corrected chi connectivity index (χ2v) is 5.05. The van der Waals surface area contributed by atoms with Gasteiger partial charge in [-0.3, -0.25) is 4.79 Å². The lowest BCUT2D eigenvalue weighted by molar-refractivity contribution is -0.137. The number of carboxylic acid groups (broad SMARTS) is 1. The molecule has 4 nitrogen and oxygen atoms in total. The zero-order valence-corrected chi connectivity index (χ0v) is 12.0. The number of rotatable bonds is 6. The first-order valence-corrected chi connectivity index (χ1v) is 6.80. The Kier molecular flexibility index (Phi) is 4.95. The second-order valence-electron chi connectivity index (χ2n) is 5.05. The quantitative estimate of drug-likeness (QED) is 0.855. The summed E-state index contributed by atoms with van der Waals surface area (Å²) in [4.78, 5) is 10.6. The van der Waals surface area contributed by atoms with Crippen molar-refractivity contribution < 1.29 is 14.6 Å². The number of carboxylic acids is 1. The Morgan fingerprint density at radius 2 is 1.76 bits per heavy atom. The molecule has 0 saturated carbocycles. The third-order valence-electron chi connectivity index (χ3n) is 3.23. The highest BCUT2D eigenvalue weighted by molar-refractivity contribution is 5.67. The van der Waals surface area contributed by atoms with Gasteiger partial charge in [0.15, 0.2) is 0 Å². The number of aryl methyl sites for hydroxylation is 1. The van der Waals surface area contributed by atoms with Crippen molar-refractivity contribution in [1.29, 1.82) is 0 Å². The van der Waals surface area contributed by atoms with Crippen molar-refractivity contribution in [1.82, 2.24) is 0 Å². The van der Waals surface area contributed by atoms with Gasteiger partial charge in [0.25, 0.3) is 0 Å². The molecule has 21 heavy (non-hydrogen) atoms. The van der Waals surface area contributed by atoms with E-state index in [1.54, 1.807) is 12.1 Å². The van der Waals surface area contributed by atoms with Gasteiger partial charge < -0.3 is 15.6 Å². The van der Waals surface area contributed by atoms with Crippen LogP contribution in [-0.2, 0) is 11.4 Å². The minimum absolute atomic E-state index is 0.0798. The number of hydrogen-bond acceptors (Lipinski definition) is 3. The van der Waals surface area contributed by atoms with Crippen LogP contribution in [0.15, 0.2) is 48.5 Å². The van der Waals surface area contributed by atoms with Gasteiger partial charge in [-0.25, -0.2) is 0 Å². The van der Waals surface area contributed by atoms with Gasteiger partial charge in [0.05, 0.1) is 6.42 Å². The Labute approximate surface area is 124 Å². The lowest BCUT2D eigenvalue weighted by Gasteiger charge is -2.11. The van der Waals surface area contributed by atoms with Crippen molar-refractivity contribution in [2.45, 2.75) is 26.0 Å². The molecule has 0 amide bonds. The number of aliphatic carboxylic acids is 1. The molecule has 2 aromatic rings. The van der Waals surface area contributed by atoms with Crippen molar-refractivity contribution in [2.24, 2.45) is 5.73 Å². The van der Waals surface area contributed by atoms with Crippen LogP contribution in [0.5, 0.6) is 5.75 Å². The normalized spacial score (nSPS) is 11.9. The summed E-state index contributed by atoms with van der Waals surface area (Å²) in [6, 6.07) is 14.9. The van der Waals surface area contributed by atoms with E-state index in [4.69, 9.17) is 15.6 Å². The standard InChI is InChI=1S/C17H19NO3/c1-12-2-4-13(5-3-12)11-21-15-8-6-14(7-9-15)16(18)10-17(19)20/h2-9,16H,10-11,18H2,1H3,(H,19,20). The molecule has 4 heteroatoms. The van der Waals surface area contributed by atoms with Gasteiger partial charge in [-0.05, 0) is 30.2 Å². The number of ether oxygens (including phenoxy) is 1. The topological polar surface area (TPSA) is 72.5 Å². The van der Waals surface area contributed by atoms with Crippen LogP contribution in [0.2, 0.25) is 0 Å². The largest absolute Gasteiger partial charge is 0.489 e. The molecule has 0 aromatic heterocycles. The molecule has 0 aliphatic carbocycles. The highest BCUT2D eigenvalue weighted by Gasteiger charge is 2.10. The average molecular weight is 285 g/mol. The summed E-state index contributed by atoms with van der Waals surface area (Å²) >= 11 is 0. The Balaban J connectivity index is 1.93. The first kappa shape index (κ1) is 15.1. The van der Waals surface area contributed by atoms with Gasteiger partial charge in [-0.15, -0.1) is 0 Å². The molecule has 0 aliphatic rings. The summed E-state index contributed by atoms with van der Waals surface area (Å²) < 4.78 is 5.69. The number of hydrogen-bond donors (Lipinski definition) is 2. The van der Waals surface area contributed by atoms with E-state index in [9.17, 15) is 4.79 Å². The minimum atomic E-state index is -0.901. The SMILES string of the molecule is Cc1ccc(COc2ccc(C(N)CC(=O)O)cc2)cc1. The Morgan fingerprint density at radius 1 is 1.14 bits per heavy atom. The Morgan fingerprint density at radius 3 is 2.33 bits per heavy atom. The van der Waals surface area contributed by atoms with Crippen LogP contribution in [0.1, 0.15) is 29.2 Å². The highest BCUT2D eigenvalue weighted by atomic mass is 16.5. The summed E-state index contributed by atoms with van der Waals surface area (Å²) in [6.07, 6.45) is -0.0798. The summed E-state index contributed by atoms with van der Waals surface area (Å²) in [5.41, 5.74) is 8.92. The van der Waals surface area contributed by atoms with Crippen LogP contribution in [0, 0.1) is 6.92 Å². The fraction of sp³-hybridized carbons (Fsp3) is 0.235. The van der Waals surface area contributed by atoms with Crippen molar-refractivity contribution in [3.05, 3.63) is 65.2 Å². The van der Waals surface area contributed by atoms with E-state index in [2.05, 4.69) is 0 Å². The van der Waals surface area contributed by atoms with E-state index in [1.165, 1.54) is 5.56 Å². The molecule has 1 unspecified atom stereocenters. The Bertz CT molecular complexity index is 590. The highest BCUT2D eigenvalue weighted by Crippen LogP contribution is 2.19. The van der Waals surface area contributed by atoms with Crippen LogP contribution in [0.25, 0.3) is 0 Å². The van der Waals surface area contributed by atoms with Gasteiger partial charge in [0.1, 0.15) is 12.4 Å². The van der Waals surface area contributed by atoms with Gasteiger partial charge in [-0.1, -0.05) is 42.0 Å². The molecule has 2 rings (SSSR count). The fourth-order valence-electron chi connectivity index (χ4n) is 1.97. The molecular weight excluding hydrogens is 266 g/mol. The maximum absolute atomic E-state index is 10.6. The number of nitrogens with two attached hydrogens (primary N) is 1. The monoisotopic (exact) mass is 285 g/mol.